The lowest BCUT2D eigenvalue weighted by molar-refractivity contribution is -0.126. The summed E-state index contributed by atoms with van der Waals surface area (Å²) >= 11 is 1.02. The van der Waals surface area contributed by atoms with Gasteiger partial charge in [-0.25, -0.2) is 14.8 Å². The van der Waals surface area contributed by atoms with Gasteiger partial charge in [-0.05, 0) is 33.3 Å². The predicted octanol–water partition coefficient (Wildman–Crippen LogP) is 4.45. The molecule has 2 aromatic heterocycles. The van der Waals surface area contributed by atoms with Gasteiger partial charge in [0.1, 0.15) is 22.6 Å². The Morgan fingerprint density at radius 1 is 1.31 bits per heavy atom. The van der Waals surface area contributed by atoms with Crippen LogP contribution < -0.4 is 10.2 Å². The second kappa shape index (κ2) is 7.81. The average Bonchev–Trinajstić information content (AvgIpc) is 3.16. The number of fused-ring (bicyclic) bond motifs is 1. The number of hydrogen-bond acceptors (Lipinski definition) is 6. The number of ether oxygens (including phenoxy) is 1. The molecule has 2 heterocycles. The highest BCUT2D eigenvalue weighted by atomic mass is 32.1. The van der Waals surface area contributed by atoms with Crippen molar-refractivity contribution in [2.75, 3.05) is 11.9 Å². The van der Waals surface area contributed by atoms with Gasteiger partial charge in [0.15, 0.2) is 0 Å². The summed E-state index contributed by atoms with van der Waals surface area (Å²) in [6.07, 6.45) is 0.0371. The third kappa shape index (κ3) is 5.59. The average molecular weight is 428 g/mol. The zero-order chi connectivity index (χ0) is 21.4. The topological polar surface area (TPSA) is 67.4 Å². The maximum atomic E-state index is 12.7. The predicted molar refractivity (Wildman–Crippen MR) is 106 cm³/mol. The smallest absolute Gasteiger partial charge is 0.408 e. The Kier molecular flexibility index (Phi) is 5.75. The molecule has 0 fully saturated rings. The molecule has 158 valence electrons. The molecule has 1 N–H and O–H groups in total. The molecule has 0 bridgehead atoms. The van der Waals surface area contributed by atoms with Crippen molar-refractivity contribution in [3.05, 3.63) is 29.4 Å². The van der Waals surface area contributed by atoms with Crippen molar-refractivity contribution in [2.24, 2.45) is 0 Å². The molecular formula is C19H23F3N4O2S. The molecule has 0 saturated carbocycles. The van der Waals surface area contributed by atoms with Crippen LogP contribution in [0.4, 0.5) is 23.8 Å². The minimum absolute atomic E-state index is 0.0704. The molecule has 2 aromatic rings. The van der Waals surface area contributed by atoms with Gasteiger partial charge < -0.3 is 15.0 Å². The number of alkyl halides is 3. The maximum Gasteiger partial charge on any atom is 0.408 e. The summed E-state index contributed by atoms with van der Waals surface area (Å²) in [4.78, 5) is 23.0. The highest BCUT2D eigenvalue weighted by molar-refractivity contribution is 7.18. The fraction of sp³-hybridized carbons (Fsp3) is 0.526. The summed E-state index contributed by atoms with van der Waals surface area (Å²) in [5.74, 6) is 0.562. The van der Waals surface area contributed by atoms with Crippen molar-refractivity contribution in [2.45, 2.75) is 57.5 Å². The van der Waals surface area contributed by atoms with Gasteiger partial charge in [0.25, 0.3) is 0 Å². The van der Waals surface area contributed by atoms with Crippen molar-refractivity contribution in [1.29, 1.82) is 0 Å². The maximum absolute atomic E-state index is 12.7. The molecular weight excluding hydrogens is 405 g/mol. The van der Waals surface area contributed by atoms with Crippen molar-refractivity contribution in [3.63, 3.8) is 0 Å². The zero-order valence-electron chi connectivity index (χ0n) is 16.6. The fourth-order valence-electron chi connectivity index (χ4n) is 3.15. The van der Waals surface area contributed by atoms with Gasteiger partial charge in [-0.3, -0.25) is 0 Å². The van der Waals surface area contributed by atoms with Gasteiger partial charge in [0, 0.05) is 11.9 Å². The van der Waals surface area contributed by atoms with Crippen LogP contribution in [-0.2, 0) is 11.2 Å². The van der Waals surface area contributed by atoms with E-state index in [9.17, 15) is 18.0 Å². The first kappa shape index (κ1) is 21.4. The molecule has 1 aliphatic carbocycles. The van der Waals surface area contributed by atoms with Crippen LogP contribution in [0.2, 0.25) is 0 Å². The molecule has 10 heteroatoms. The van der Waals surface area contributed by atoms with E-state index in [0.717, 1.165) is 11.3 Å². The van der Waals surface area contributed by atoms with Gasteiger partial charge in [-0.1, -0.05) is 12.2 Å². The van der Waals surface area contributed by atoms with E-state index < -0.39 is 24.3 Å². The fourth-order valence-corrected chi connectivity index (χ4v) is 4.17. The van der Waals surface area contributed by atoms with Gasteiger partial charge in [-0.15, -0.1) is 11.3 Å². The summed E-state index contributed by atoms with van der Waals surface area (Å²) in [6, 6.07) is 1.24. The van der Waals surface area contributed by atoms with E-state index >= 15 is 0 Å². The van der Waals surface area contributed by atoms with E-state index in [0.29, 0.717) is 22.5 Å². The highest BCUT2D eigenvalue weighted by Crippen LogP contribution is 2.34. The van der Waals surface area contributed by atoms with Crippen molar-refractivity contribution in [1.82, 2.24) is 15.3 Å². The Morgan fingerprint density at radius 2 is 2.03 bits per heavy atom. The molecule has 0 saturated heterocycles. The van der Waals surface area contributed by atoms with Crippen LogP contribution in [0.25, 0.3) is 10.2 Å². The van der Waals surface area contributed by atoms with Crippen molar-refractivity contribution >= 4 is 33.5 Å². The second-order valence-electron chi connectivity index (χ2n) is 7.97. The minimum atomic E-state index is -4.27. The molecule has 0 spiro atoms. The molecule has 29 heavy (non-hydrogen) atoms. The van der Waals surface area contributed by atoms with Crippen LogP contribution in [-0.4, -0.2) is 47.0 Å². The SMILES string of the molecule is CN(c1ncnc2sc(CC(F)(F)F)cc12)[C@@H]1C=C[C@H](NC(=O)OC(C)(C)C)C1. The van der Waals surface area contributed by atoms with Gasteiger partial charge >= 0.3 is 12.3 Å². The van der Waals surface area contributed by atoms with Crippen LogP contribution in [0.5, 0.6) is 0 Å². The lowest BCUT2D eigenvalue weighted by Crippen LogP contribution is -2.39. The standard InChI is InChI=1S/C19H23F3N4O2S/c1-18(2,3)28-17(27)25-11-5-6-12(7-11)26(4)15-14-8-13(9-19(20,21)22)29-16(14)24-10-23-15/h5-6,8,10-12H,7,9H2,1-4H3,(H,25,27)/t11-,12+/m0/s1. The number of halogens is 3. The number of amides is 1. The Labute approximate surface area is 170 Å². The zero-order valence-corrected chi connectivity index (χ0v) is 17.4. The van der Waals surface area contributed by atoms with E-state index in [4.69, 9.17) is 4.74 Å². The Morgan fingerprint density at radius 3 is 2.69 bits per heavy atom. The normalized spacial score (nSPS) is 19.6. The van der Waals surface area contributed by atoms with E-state index in [2.05, 4.69) is 15.3 Å². The number of aromatic nitrogens is 2. The molecule has 3 rings (SSSR count). The van der Waals surface area contributed by atoms with E-state index in [1.54, 1.807) is 20.8 Å². The molecule has 0 aromatic carbocycles. The Balaban J connectivity index is 1.71. The molecule has 0 aliphatic heterocycles. The van der Waals surface area contributed by atoms with Gasteiger partial charge in [0.05, 0.1) is 23.9 Å². The Hall–Kier alpha value is -2.36. The lowest BCUT2D eigenvalue weighted by Gasteiger charge is -2.26. The summed E-state index contributed by atoms with van der Waals surface area (Å²) in [6.45, 7) is 5.38. The quantitative estimate of drug-likeness (QED) is 0.729. The van der Waals surface area contributed by atoms with E-state index in [1.165, 1.54) is 12.4 Å². The third-order valence-corrected chi connectivity index (χ3v) is 5.37. The largest absolute Gasteiger partial charge is 0.444 e. The first-order valence-electron chi connectivity index (χ1n) is 9.12. The van der Waals surface area contributed by atoms with Crippen LogP contribution in [0, 0.1) is 0 Å². The molecule has 2 atom stereocenters. The van der Waals surface area contributed by atoms with Crippen LogP contribution >= 0.6 is 11.3 Å². The molecule has 0 unspecified atom stereocenters. The lowest BCUT2D eigenvalue weighted by atomic mass is 10.2. The number of anilines is 1. The number of carbonyl (C=O) groups is 1. The van der Waals surface area contributed by atoms with Gasteiger partial charge in [0.2, 0.25) is 0 Å². The highest BCUT2D eigenvalue weighted by Gasteiger charge is 2.30. The first-order chi connectivity index (χ1) is 13.4. The van der Waals surface area contributed by atoms with Crippen LogP contribution in [0.15, 0.2) is 24.5 Å². The number of carbonyl (C=O) groups excluding carboxylic acids is 1. The monoisotopic (exact) mass is 428 g/mol. The molecule has 1 aliphatic rings. The van der Waals surface area contributed by atoms with Crippen molar-refractivity contribution < 1.29 is 22.7 Å². The number of alkyl carbamates (subject to hydrolysis) is 1. The first-order valence-corrected chi connectivity index (χ1v) is 9.94. The van der Waals surface area contributed by atoms with E-state index in [-0.39, 0.29) is 17.0 Å². The summed E-state index contributed by atoms with van der Waals surface area (Å²) < 4.78 is 43.5. The molecule has 0 radical (unpaired) electrons. The number of rotatable bonds is 4. The number of nitrogens with one attached hydrogen (secondary N) is 1. The van der Waals surface area contributed by atoms with Crippen molar-refractivity contribution in [3.8, 4) is 0 Å². The Bertz CT molecular complexity index is 920. The summed E-state index contributed by atoms with van der Waals surface area (Å²) in [7, 11) is 1.83. The summed E-state index contributed by atoms with van der Waals surface area (Å²) in [5.41, 5.74) is -0.581. The molecule has 6 nitrogen and oxygen atoms in total. The van der Waals surface area contributed by atoms with Crippen LogP contribution in [0.3, 0.4) is 0 Å². The molecule has 1 amide bonds. The van der Waals surface area contributed by atoms with E-state index in [1.807, 2.05) is 24.1 Å². The number of likely N-dealkylation sites (N-methyl/N-ethyl adjacent to an activating group) is 1. The van der Waals surface area contributed by atoms with Gasteiger partial charge in [-0.2, -0.15) is 13.2 Å². The number of nitrogens with zero attached hydrogens (tertiary/aromatic N) is 3. The minimum Gasteiger partial charge on any atom is -0.444 e. The second-order valence-corrected chi connectivity index (χ2v) is 9.09. The number of thiophene rings is 1. The number of hydrogen-bond donors (Lipinski definition) is 1. The summed E-state index contributed by atoms with van der Waals surface area (Å²) in [5, 5.41) is 3.40. The van der Waals surface area contributed by atoms with Crippen LogP contribution in [0.1, 0.15) is 32.1 Å². The third-order valence-electron chi connectivity index (χ3n) is 4.33.